The molecule has 1 saturated heterocycles. The van der Waals surface area contributed by atoms with Gasteiger partial charge in [-0.1, -0.05) is 18.7 Å². The van der Waals surface area contributed by atoms with Crippen LogP contribution in [-0.2, 0) is 14.3 Å². The van der Waals surface area contributed by atoms with E-state index >= 15 is 0 Å². The maximum absolute atomic E-state index is 11.9. The van der Waals surface area contributed by atoms with Crippen LogP contribution in [0.15, 0.2) is 60.1 Å². The summed E-state index contributed by atoms with van der Waals surface area (Å²) < 4.78 is 5.05. The number of carbonyl (C=O) groups is 2. The van der Waals surface area contributed by atoms with E-state index in [0.717, 1.165) is 5.57 Å². The highest BCUT2D eigenvalue weighted by Gasteiger charge is 2.31. The number of rotatable bonds is 9. The second kappa shape index (κ2) is 13.5. The second-order valence-electron chi connectivity index (χ2n) is 7.36. The lowest BCUT2D eigenvalue weighted by molar-refractivity contribution is -0.133. The van der Waals surface area contributed by atoms with Crippen molar-refractivity contribution in [2.45, 2.75) is 51.5 Å². The number of carbonyl (C=O) groups excluding carboxylic acids is 2. The van der Waals surface area contributed by atoms with Crippen molar-refractivity contribution in [3.8, 4) is 0 Å². The van der Waals surface area contributed by atoms with Crippen LogP contribution in [-0.4, -0.2) is 71.9 Å². The Hall–Kier alpha value is -2.84. The Morgan fingerprint density at radius 2 is 2.16 bits per heavy atom. The van der Waals surface area contributed by atoms with E-state index in [-0.39, 0.29) is 24.4 Å². The molecule has 8 nitrogen and oxygen atoms in total. The van der Waals surface area contributed by atoms with Crippen molar-refractivity contribution >= 4 is 12.3 Å². The number of hydrogen-bond acceptors (Lipinski definition) is 6. The van der Waals surface area contributed by atoms with Gasteiger partial charge >= 0.3 is 0 Å². The van der Waals surface area contributed by atoms with E-state index in [2.05, 4.69) is 17.2 Å². The Bertz CT molecular complexity index is 739. The fourth-order valence-corrected chi connectivity index (χ4v) is 3.10. The van der Waals surface area contributed by atoms with Gasteiger partial charge in [-0.15, -0.1) is 0 Å². The van der Waals surface area contributed by atoms with Crippen LogP contribution in [0.5, 0.6) is 0 Å². The lowest BCUT2D eigenvalue weighted by atomic mass is 10.1. The Morgan fingerprint density at radius 1 is 1.45 bits per heavy atom. The summed E-state index contributed by atoms with van der Waals surface area (Å²) in [6.07, 6.45) is 9.99. The molecule has 4 atom stereocenters. The molecule has 0 saturated carbocycles. The first-order chi connectivity index (χ1) is 14.8. The average Bonchev–Trinajstić information content (AvgIpc) is 3.19. The van der Waals surface area contributed by atoms with Crippen molar-refractivity contribution in [1.29, 1.82) is 0 Å². The van der Waals surface area contributed by atoms with Crippen LogP contribution in [0.2, 0.25) is 0 Å². The van der Waals surface area contributed by atoms with E-state index in [1.165, 1.54) is 12.5 Å². The number of ether oxygens (including phenoxy) is 1. The van der Waals surface area contributed by atoms with Gasteiger partial charge in [0, 0.05) is 13.1 Å². The summed E-state index contributed by atoms with van der Waals surface area (Å²) in [6.45, 7) is 10.1. The van der Waals surface area contributed by atoms with Gasteiger partial charge in [-0.2, -0.15) is 0 Å². The number of aliphatic hydroxyl groups excluding tert-OH is 2. The second-order valence-corrected chi connectivity index (χ2v) is 7.36. The maximum Gasteiger partial charge on any atom is 0.225 e. The monoisotopic (exact) mass is 433 g/mol. The number of methoxy groups -OCH3 is 1. The van der Waals surface area contributed by atoms with Crippen LogP contribution in [0.4, 0.5) is 0 Å². The third kappa shape index (κ3) is 8.43. The number of amides is 2. The minimum Gasteiger partial charge on any atom is -0.497 e. The molecule has 0 aromatic carbocycles. The molecule has 1 unspecified atom stereocenters. The van der Waals surface area contributed by atoms with Crippen LogP contribution < -0.4 is 10.6 Å². The summed E-state index contributed by atoms with van der Waals surface area (Å²) in [5.41, 5.74) is 2.17. The highest BCUT2D eigenvalue weighted by atomic mass is 16.5. The molecule has 0 bridgehead atoms. The standard InChI is InChI=1S/C12H18N2O3.C11H17NO2/c1-8(15)11(16)5-12(17)14-6-9-3-2-4-13-10(9)7-14;1-5-10(9(3)12-8-13)7-11(6-2)14-4/h2-4,8,10-11,13,15-16H,5-7H2,1H3;5-9H,2H2,1,3-4H3,(H,12,13)/b;10-5+,11-7+/t8-,10?,11-;9-/m01/s1. The zero-order valence-corrected chi connectivity index (χ0v) is 18.7. The van der Waals surface area contributed by atoms with E-state index in [4.69, 9.17) is 9.84 Å². The molecule has 0 aliphatic carbocycles. The first-order valence-electron chi connectivity index (χ1n) is 10.3. The van der Waals surface area contributed by atoms with Gasteiger partial charge in [-0.05, 0) is 56.3 Å². The summed E-state index contributed by atoms with van der Waals surface area (Å²) >= 11 is 0. The molecule has 2 amide bonds. The van der Waals surface area contributed by atoms with Gasteiger partial charge in [0.15, 0.2) is 0 Å². The molecule has 0 aromatic rings. The van der Waals surface area contributed by atoms with Crippen LogP contribution in [0.1, 0.15) is 27.2 Å². The smallest absolute Gasteiger partial charge is 0.225 e. The topological polar surface area (TPSA) is 111 Å². The summed E-state index contributed by atoms with van der Waals surface area (Å²) in [5.74, 6) is 0.563. The van der Waals surface area contributed by atoms with Crippen molar-refractivity contribution in [3.63, 3.8) is 0 Å². The first-order valence-corrected chi connectivity index (χ1v) is 10.3. The van der Waals surface area contributed by atoms with Gasteiger partial charge in [0.1, 0.15) is 5.76 Å². The molecule has 2 aliphatic rings. The molecule has 2 rings (SSSR count). The number of nitrogens with one attached hydrogen (secondary N) is 2. The number of nitrogens with zero attached hydrogens (tertiary/aromatic N) is 1. The van der Waals surface area contributed by atoms with Crippen LogP contribution in [0.3, 0.4) is 0 Å². The van der Waals surface area contributed by atoms with Crippen molar-refractivity contribution < 1.29 is 24.5 Å². The van der Waals surface area contributed by atoms with Gasteiger partial charge in [0.2, 0.25) is 12.3 Å². The van der Waals surface area contributed by atoms with Crippen molar-refractivity contribution in [2.24, 2.45) is 0 Å². The van der Waals surface area contributed by atoms with Crippen molar-refractivity contribution in [1.82, 2.24) is 15.5 Å². The molecule has 4 N–H and O–H groups in total. The number of dihydropyridines is 1. The van der Waals surface area contributed by atoms with Crippen molar-refractivity contribution in [3.05, 3.63) is 60.1 Å². The Morgan fingerprint density at radius 3 is 2.68 bits per heavy atom. The number of fused-ring (bicyclic) bond motifs is 1. The van der Waals surface area contributed by atoms with E-state index < -0.39 is 12.2 Å². The average molecular weight is 434 g/mol. The molecule has 1 fully saturated rings. The minimum atomic E-state index is -0.981. The molecular weight excluding hydrogens is 398 g/mol. The van der Waals surface area contributed by atoms with Crippen LogP contribution >= 0.6 is 0 Å². The molecule has 0 spiro atoms. The molecule has 2 aliphatic heterocycles. The lowest BCUT2D eigenvalue weighted by Crippen LogP contribution is -2.37. The summed E-state index contributed by atoms with van der Waals surface area (Å²) in [5, 5.41) is 24.5. The minimum absolute atomic E-state index is 0.0227. The zero-order chi connectivity index (χ0) is 23.4. The van der Waals surface area contributed by atoms with Crippen molar-refractivity contribution in [2.75, 3.05) is 20.2 Å². The molecule has 172 valence electrons. The van der Waals surface area contributed by atoms with Gasteiger partial charge < -0.3 is 30.5 Å². The molecule has 2 heterocycles. The Labute approximate surface area is 184 Å². The van der Waals surface area contributed by atoms with E-state index in [1.807, 2.05) is 44.4 Å². The van der Waals surface area contributed by atoms with E-state index in [0.29, 0.717) is 25.3 Å². The Kier molecular flexibility index (Phi) is 11.4. The number of hydrogen-bond donors (Lipinski definition) is 4. The predicted octanol–water partition coefficient (Wildman–Crippen LogP) is 1.16. The number of likely N-dealkylation sites (tertiary alicyclic amines) is 1. The van der Waals surface area contributed by atoms with Gasteiger partial charge in [0.25, 0.3) is 0 Å². The first kappa shape index (κ1) is 26.2. The predicted molar refractivity (Wildman–Crippen MR) is 121 cm³/mol. The zero-order valence-electron chi connectivity index (χ0n) is 18.7. The third-order valence-electron chi connectivity index (χ3n) is 5.12. The molecule has 8 heteroatoms. The molecule has 0 aromatic heterocycles. The normalized spacial score (nSPS) is 20.8. The van der Waals surface area contributed by atoms with Crippen LogP contribution in [0, 0.1) is 0 Å². The number of allylic oxidation sites excluding steroid dienone is 4. The summed E-state index contributed by atoms with van der Waals surface area (Å²) in [4.78, 5) is 23.8. The highest BCUT2D eigenvalue weighted by Crippen LogP contribution is 2.20. The van der Waals surface area contributed by atoms with Crippen LogP contribution in [0.25, 0.3) is 0 Å². The van der Waals surface area contributed by atoms with Gasteiger partial charge in [0.05, 0.1) is 37.8 Å². The fourth-order valence-electron chi connectivity index (χ4n) is 3.10. The van der Waals surface area contributed by atoms with Gasteiger partial charge in [-0.3, -0.25) is 9.59 Å². The molecule has 31 heavy (non-hydrogen) atoms. The molecule has 0 radical (unpaired) electrons. The fraction of sp³-hybridized carbons (Fsp3) is 0.478. The lowest BCUT2D eigenvalue weighted by Gasteiger charge is -2.19. The largest absolute Gasteiger partial charge is 0.497 e. The SMILES string of the molecule is C=C/C(=C\C(=C/C)[C@@H](C)NC=O)OC.C[C@H](O)[C@@H](O)CC(=O)N1CC2=CC=CNC2C1. The number of aliphatic hydroxyl groups is 2. The highest BCUT2D eigenvalue weighted by molar-refractivity contribution is 5.78. The summed E-state index contributed by atoms with van der Waals surface area (Å²) in [7, 11) is 1.58. The third-order valence-corrected chi connectivity index (χ3v) is 5.12. The molecular formula is C23H35N3O5. The Balaban J connectivity index is 0.000000318. The maximum atomic E-state index is 11.9. The summed E-state index contributed by atoms with van der Waals surface area (Å²) in [6, 6.07) is 0.176. The quantitative estimate of drug-likeness (QED) is 0.247. The van der Waals surface area contributed by atoms with E-state index in [1.54, 1.807) is 18.1 Å². The van der Waals surface area contributed by atoms with Gasteiger partial charge in [-0.25, -0.2) is 0 Å². The van der Waals surface area contributed by atoms with E-state index in [9.17, 15) is 14.7 Å².